The third-order valence-electron chi connectivity index (χ3n) is 2.21. The van der Waals surface area contributed by atoms with Gasteiger partial charge in [0.1, 0.15) is 5.75 Å². The molecule has 0 saturated heterocycles. The second kappa shape index (κ2) is 6.12. The molecule has 0 atom stereocenters. The minimum absolute atomic E-state index is 0.00865. The Hall–Kier alpha value is -0.940. The molecular weight excluding hydrogens is 255 g/mol. The van der Waals surface area contributed by atoms with Crippen molar-refractivity contribution in [1.82, 2.24) is 5.32 Å². The Morgan fingerprint density at radius 3 is 2.59 bits per heavy atom. The van der Waals surface area contributed by atoms with Gasteiger partial charge in [0, 0.05) is 23.6 Å². The predicted octanol–water partition coefficient (Wildman–Crippen LogP) is 3.48. The van der Waals surface area contributed by atoms with E-state index in [1.807, 2.05) is 0 Å². The summed E-state index contributed by atoms with van der Waals surface area (Å²) in [5.74, 6) is 0.0424. The van der Waals surface area contributed by atoms with Gasteiger partial charge < -0.3 is 10.4 Å². The van der Waals surface area contributed by atoms with E-state index in [2.05, 4.69) is 5.32 Å². The van der Waals surface area contributed by atoms with Gasteiger partial charge in [-0.25, -0.2) is 0 Å². The lowest BCUT2D eigenvalue weighted by atomic mass is 10.2. The average molecular weight is 268 g/mol. The first kappa shape index (κ1) is 14.1. The van der Waals surface area contributed by atoms with Crippen molar-refractivity contribution < 1.29 is 18.3 Å². The lowest BCUT2D eigenvalue weighted by molar-refractivity contribution is -0.135. The van der Waals surface area contributed by atoms with Gasteiger partial charge in [0.25, 0.3) is 0 Å². The molecule has 0 aromatic heterocycles. The van der Waals surface area contributed by atoms with E-state index in [-0.39, 0.29) is 25.3 Å². The van der Waals surface area contributed by atoms with E-state index >= 15 is 0 Å². The SMILES string of the molecule is Oc1cccc(Cl)c1CNCCCC(F)(F)F. The molecule has 96 valence electrons. The quantitative estimate of drug-likeness (QED) is 0.801. The highest BCUT2D eigenvalue weighted by molar-refractivity contribution is 6.31. The summed E-state index contributed by atoms with van der Waals surface area (Å²) in [7, 11) is 0. The number of aromatic hydroxyl groups is 1. The smallest absolute Gasteiger partial charge is 0.389 e. The van der Waals surface area contributed by atoms with Gasteiger partial charge in [0.15, 0.2) is 0 Å². The molecule has 1 aromatic rings. The molecule has 0 saturated carbocycles. The Morgan fingerprint density at radius 1 is 1.29 bits per heavy atom. The summed E-state index contributed by atoms with van der Waals surface area (Å²) in [4.78, 5) is 0. The zero-order valence-corrected chi connectivity index (χ0v) is 9.78. The highest BCUT2D eigenvalue weighted by Crippen LogP contribution is 2.25. The minimum Gasteiger partial charge on any atom is -0.508 e. The fourth-order valence-electron chi connectivity index (χ4n) is 1.35. The molecule has 2 nitrogen and oxygen atoms in total. The van der Waals surface area contributed by atoms with Crippen LogP contribution >= 0.6 is 11.6 Å². The molecule has 0 aliphatic rings. The van der Waals surface area contributed by atoms with Gasteiger partial charge >= 0.3 is 6.18 Å². The van der Waals surface area contributed by atoms with E-state index in [9.17, 15) is 18.3 Å². The van der Waals surface area contributed by atoms with E-state index in [0.29, 0.717) is 10.6 Å². The maximum Gasteiger partial charge on any atom is 0.389 e. The van der Waals surface area contributed by atoms with E-state index in [1.165, 1.54) is 6.07 Å². The molecule has 17 heavy (non-hydrogen) atoms. The Balaban J connectivity index is 2.32. The molecule has 0 aliphatic carbocycles. The Kier molecular flexibility index (Phi) is 5.08. The van der Waals surface area contributed by atoms with Gasteiger partial charge in [0.05, 0.1) is 0 Å². The molecule has 1 rings (SSSR count). The van der Waals surface area contributed by atoms with Gasteiger partial charge in [-0.2, -0.15) is 13.2 Å². The number of hydrogen-bond acceptors (Lipinski definition) is 2. The molecule has 0 aliphatic heterocycles. The molecule has 1 aromatic carbocycles. The Bertz CT molecular complexity index is 348. The van der Waals surface area contributed by atoms with Crippen LogP contribution in [0.25, 0.3) is 0 Å². The number of phenolic OH excluding ortho intramolecular Hbond substituents is 1. The zero-order valence-electron chi connectivity index (χ0n) is 9.02. The third-order valence-corrected chi connectivity index (χ3v) is 2.56. The van der Waals surface area contributed by atoms with Crippen molar-refractivity contribution in [3.05, 3.63) is 28.8 Å². The number of nitrogens with one attached hydrogen (secondary N) is 1. The van der Waals surface area contributed by atoms with Crippen molar-refractivity contribution in [3.8, 4) is 5.75 Å². The van der Waals surface area contributed by atoms with E-state index in [4.69, 9.17) is 11.6 Å². The van der Waals surface area contributed by atoms with Crippen LogP contribution in [0, 0.1) is 0 Å². The van der Waals surface area contributed by atoms with Gasteiger partial charge in [0.2, 0.25) is 0 Å². The Labute approximate surface area is 102 Å². The maximum atomic E-state index is 11.8. The number of benzene rings is 1. The van der Waals surface area contributed by atoms with Crippen LogP contribution in [0.4, 0.5) is 13.2 Å². The molecule has 0 amide bonds. The van der Waals surface area contributed by atoms with Crippen LogP contribution in [-0.2, 0) is 6.54 Å². The number of halogens is 4. The first-order chi connectivity index (χ1) is 7.90. The number of hydrogen-bond donors (Lipinski definition) is 2. The topological polar surface area (TPSA) is 32.3 Å². The standard InChI is InChI=1S/C11H13ClF3NO/c12-9-3-1-4-10(17)8(9)7-16-6-2-5-11(13,14)15/h1,3-4,16-17H,2,5-7H2. The largest absolute Gasteiger partial charge is 0.508 e. The van der Waals surface area contributed by atoms with Crippen molar-refractivity contribution in [2.75, 3.05) is 6.54 Å². The molecule has 6 heteroatoms. The molecule has 0 radical (unpaired) electrons. The van der Waals surface area contributed by atoms with Crippen LogP contribution in [0.2, 0.25) is 5.02 Å². The molecular formula is C11H13ClF3NO. The van der Waals surface area contributed by atoms with Gasteiger partial charge in [-0.3, -0.25) is 0 Å². The minimum atomic E-state index is -4.12. The van der Waals surface area contributed by atoms with Crippen molar-refractivity contribution in [1.29, 1.82) is 0 Å². The van der Waals surface area contributed by atoms with E-state index in [1.54, 1.807) is 12.1 Å². The highest BCUT2D eigenvalue weighted by Gasteiger charge is 2.25. The van der Waals surface area contributed by atoms with Crippen LogP contribution in [0.15, 0.2) is 18.2 Å². The van der Waals surface area contributed by atoms with Crippen LogP contribution < -0.4 is 5.32 Å². The van der Waals surface area contributed by atoms with Gasteiger partial charge in [-0.05, 0) is 25.1 Å². The van der Waals surface area contributed by atoms with Crippen molar-refractivity contribution in [2.45, 2.75) is 25.6 Å². The summed E-state index contributed by atoms with van der Waals surface area (Å²) >= 11 is 5.83. The molecule has 0 unspecified atom stereocenters. The van der Waals surface area contributed by atoms with E-state index < -0.39 is 12.6 Å². The second-order valence-electron chi connectivity index (χ2n) is 3.63. The normalized spacial score (nSPS) is 11.8. The third kappa shape index (κ3) is 5.28. The summed E-state index contributed by atoms with van der Waals surface area (Å²) in [6.45, 7) is 0.480. The number of alkyl halides is 3. The summed E-state index contributed by atoms with van der Waals surface area (Å²) in [6.07, 6.45) is -4.92. The average Bonchev–Trinajstić information content (AvgIpc) is 2.20. The Morgan fingerprint density at radius 2 is 2.00 bits per heavy atom. The monoisotopic (exact) mass is 267 g/mol. The van der Waals surface area contributed by atoms with Gasteiger partial charge in [-0.15, -0.1) is 0 Å². The van der Waals surface area contributed by atoms with Crippen LogP contribution in [0.3, 0.4) is 0 Å². The lowest BCUT2D eigenvalue weighted by Gasteiger charge is -2.09. The lowest BCUT2D eigenvalue weighted by Crippen LogP contribution is -2.18. The summed E-state index contributed by atoms with van der Waals surface area (Å²) < 4.78 is 35.5. The fourth-order valence-corrected chi connectivity index (χ4v) is 1.59. The zero-order chi connectivity index (χ0) is 12.9. The van der Waals surface area contributed by atoms with Gasteiger partial charge in [-0.1, -0.05) is 17.7 Å². The van der Waals surface area contributed by atoms with Crippen molar-refractivity contribution in [2.24, 2.45) is 0 Å². The molecule has 0 heterocycles. The summed E-state index contributed by atoms with van der Waals surface area (Å²) in [6, 6.07) is 4.71. The first-order valence-electron chi connectivity index (χ1n) is 5.14. The summed E-state index contributed by atoms with van der Waals surface area (Å²) in [5, 5.41) is 12.7. The number of phenols is 1. The van der Waals surface area contributed by atoms with Crippen molar-refractivity contribution in [3.63, 3.8) is 0 Å². The fraction of sp³-hybridized carbons (Fsp3) is 0.455. The van der Waals surface area contributed by atoms with Crippen molar-refractivity contribution >= 4 is 11.6 Å². The van der Waals surface area contributed by atoms with Crippen LogP contribution in [0.1, 0.15) is 18.4 Å². The van der Waals surface area contributed by atoms with E-state index in [0.717, 1.165) is 0 Å². The number of rotatable bonds is 5. The maximum absolute atomic E-state index is 11.8. The molecule has 0 bridgehead atoms. The predicted molar refractivity (Wildman–Crippen MR) is 60.1 cm³/mol. The summed E-state index contributed by atoms with van der Waals surface area (Å²) in [5.41, 5.74) is 0.501. The van der Waals surface area contributed by atoms with Crippen LogP contribution in [0.5, 0.6) is 5.75 Å². The molecule has 0 spiro atoms. The second-order valence-corrected chi connectivity index (χ2v) is 4.04. The highest BCUT2D eigenvalue weighted by atomic mass is 35.5. The first-order valence-corrected chi connectivity index (χ1v) is 5.52. The molecule has 2 N–H and O–H groups in total. The molecule has 0 fully saturated rings. The van der Waals surface area contributed by atoms with Crippen LogP contribution in [-0.4, -0.2) is 17.8 Å².